The van der Waals surface area contributed by atoms with E-state index in [0.29, 0.717) is 0 Å². The van der Waals surface area contributed by atoms with E-state index in [1.54, 1.807) is 0 Å². The molecule has 0 amide bonds. The van der Waals surface area contributed by atoms with Crippen LogP contribution in [0.25, 0.3) is 11.1 Å². The highest BCUT2D eigenvalue weighted by atomic mass is 32.8. The number of benzene rings is 2. The van der Waals surface area contributed by atoms with Gasteiger partial charge in [0, 0.05) is 0 Å². The summed E-state index contributed by atoms with van der Waals surface area (Å²) in [6.07, 6.45) is 0. The summed E-state index contributed by atoms with van der Waals surface area (Å²) in [4.78, 5) is 15.3. The zero-order valence-corrected chi connectivity index (χ0v) is 11.5. The Morgan fingerprint density at radius 3 is 1.26 bits per heavy atom. The molecule has 2 aromatic rings. The van der Waals surface area contributed by atoms with E-state index in [0.717, 1.165) is 0 Å². The van der Waals surface area contributed by atoms with Crippen LogP contribution in [0.5, 0.6) is 0 Å². The average Bonchev–Trinajstić information content (AvgIpc) is 2.40. The summed E-state index contributed by atoms with van der Waals surface area (Å²) in [5.41, 5.74) is 2.55. The lowest BCUT2D eigenvalue weighted by Gasteiger charge is -1.98. The van der Waals surface area contributed by atoms with Crippen LogP contribution in [0.3, 0.4) is 0 Å². The molecule has 1 atom stereocenters. The van der Waals surface area contributed by atoms with Crippen LogP contribution >= 0.6 is 6.80 Å². The SMILES string of the molecule is O=S(O)P(=O)(O)O.c1ccc(-c2ccccc2)cc1. The molecule has 0 aliphatic rings. The molecule has 0 aliphatic carbocycles. The lowest BCUT2D eigenvalue weighted by molar-refractivity contribution is 0.388. The van der Waals surface area contributed by atoms with Crippen molar-refractivity contribution in [2.24, 2.45) is 0 Å². The Hall–Kier alpha value is -1.30. The Balaban J connectivity index is 0.000000224. The van der Waals surface area contributed by atoms with Crippen LogP contribution in [0.4, 0.5) is 0 Å². The summed E-state index contributed by atoms with van der Waals surface area (Å²) in [5.74, 6) is 0. The summed E-state index contributed by atoms with van der Waals surface area (Å²) in [5, 5.41) is 0. The summed E-state index contributed by atoms with van der Waals surface area (Å²) in [6.45, 7) is -4.71. The second-order valence-electron chi connectivity index (χ2n) is 3.45. The molecule has 7 heteroatoms. The van der Waals surface area contributed by atoms with E-state index in [2.05, 4.69) is 48.5 Å². The second-order valence-corrected chi connectivity index (χ2v) is 7.26. The van der Waals surface area contributed by atoms with Crippen LogP contribution in [0.15, 0.2) is 60.7 Å². The lowest BCUT2D eigenvalue weighted by Crippen LogP contribution is -1.85. The van der Waals surface area contributed by atoms with E-state index in [-0.39, 0.29) is 0 Å². The topological polar surface area (TPSA) is 94.8 Å². The molecular weight excluding hydrogens is 287 g/mol. The van der Waals surface area contributed by atoms with Crippen molar-refractivity contribution >= 4 is 17.5 Å². The predicted molar refractivity (Wildman–Crippen MR) is 74.7 cm³/mol. The molecule has 2 aromatic carbocycles. The van der Waals surface area contributed by atoms with E-state index < -0.39 is 17.5 Å². The first-order valence-electron chi connectivity index (χ1n) is 5.19. The van der Waals surface area contributed by atoms with Crippen LogP contribution < -0.4 is 0 Å². The van der Waals surface area contributed by atoms with E-state index in [4.69, 9.17) is 14.3 Å². The monoisotopic (exact) mass is 300 g/mol. The third-order valence-corrected chi connectivity index (χ3v) is 3.71. The number of hydrogen-bond donors (Lipinski definition) is 3. The second kappa shape index (κ2) is 7.33. The maximum Gasteiger partial charge on any atom is 0.439 e. The van der Waals surface area contributed by atoms with E-state index in [9.17, 15) is 8.77 Å². The van der Waals surface area contributed by atoms with Crippen molar-refractivity contribution in [3.05, 3.63) is 60.7 Å². The molecule has 3 N–H and O–H groups in total. The molecule has 1 unspecified atom stereocenters. The van der Waals surface area contributed by atoms with E-state index in [1.807, 2.05) is 12.1 Å². The summed E-state index contributed by atoms with van der Waals surface area (Å²) < 4.78 is 26.4. The van der Waals surface area contributed by atoms with Gasteiger partial charge in [-0.1, -0.05) is 60.7 Å². The molecule has 0 radical (unpaired) electrons. The minimum absolute atomic E-state index is 1.28. The van der Waals surface area contributed by atoms with Crippen molar-refractivity contribution in [3.63, 3.8) is 0 Å². The van der Waals surface area contributed by atoms with Crippen LogP contribution in [0, 0.1) is 0 Å². The van der Waals surface area contributed by atoms with Gasteiger partial charge in [-0.15, -0.1) is 0 Å². The molecule has 5 nitrogen and oxygen atoms in total. The first kappa shape index (κ1) is 15.8. The normalized spacial score (nSPS) is 12.2. The van der Waals surface area contributed by atoms with Crippen molar-refractivity contribution in [1.29, 1.82) is 0 Å². The van der Waals surface area contributed by atoms with Gasteiger partial charge in [0.05, 0.1) is 0 Å². The van der Waals surface area contributed by atoms with Gasteiger partial charge < -0.3 is 9.79 Å². The van der Waals surface area contributed by atoms with Crippen LogP contribution in [-0.2, 0) is 15.3 Å². The molecule has 0 heterocycles. The molecule has 0 fully saturated rings. The zero-order valence-electron chi connectivity index (χ0n) is 9.79. The van der Waals surface area contributed by atoms with E-state index in [1.165, 1.54) is 11.1 Å². The molecule has 0 saturated heterocycles. The van der Waals surface area contributed by atoms with Crippen molar-refractivity contribution in [3.8, 4) is 11.1 Å². The van der Waals surface area contributed by atoms with Gasteiger partial charge in [0.2, 0.25) is 0 Å². The fourth-order valence-corrected chi connectivity index (χ4v) is 1.26. The fraction of sp³-hybridized carbons (Fsp3) is 0. The Bertz CT molecular complexity index is 530. The molecule has 2 rings (SSSR count). The Kier molecular flexibility index (Phi) is 6.08. The van der Waals surface area contributed by atoms with Gasteiger partial charge in [0.25, 0.3) is 10.7 Å². The fourth-order valence-electron chi connectivity index (χ4n) is 1.26. The maximum atomic E-state index is 9.48. The van der Waals surface area contributed by atoms with Gasteiger partial charge in [-0.2, -0.15) is 0 Å². The van der Waals surface area contributed by atoms with Crippen LogP contribution in [0.2, 0.25) is 0 Å². The Morgan fingerprint density at radius 2 is 1.05 bits per heavy atom. The number of rotatable bonds is 2. The van der Waals surface area contributed by atoms with Gasteiger partial charge in [-0.05, 0) is 11.1 Å². The predicted octanol–water partition coefficient (Wildman–Crippen LogP) is 2.65. The standard InChI is InChI=1S/C12H10.H3O5PS/c1-3-7-11(8-4-1)12-9-5-2-6-10-12;1-6(2,3)7(4)5/h1-10H;(H,4,5)(H2,1,2,3). The molecule has 0 spiro atoms. The summed E-state index contributed by atoms with van der Waals surface area (Å²) in [7, 11) is -3.02. The summed E-state index contributed by atoms with van der Waals surface area (Å²) in [6, 6.07) is 20.8. The van der Waals surface area contributed by atoms with E-state index >= 15 is 0 Å². The van der Waals surface area contributed by atoms with Gasteiger partial charge in [0.15, 0.2) is 0 Å². The zero-order chi connectivity index (χ0) is 14.3. The molecule has 19 heavy (non-hydrogen) atoms. The lowest BCUT2D eigenvalue weighted by atomic mass is 10.1. The molecule has 0 aromatic heterocycles. The molecule has 0 bridgehead atoms. The largest absolute Gasteiger partial charge is 0.439 e. The molecule has 102 valence electrons. The third kappa shape index (κ3) is 5.92. The van der Waals surface area contributed by atoms with Gasteiger partial charge >= 0.3 is 6.80 Å². The first-order valence-corrected chi connectivity index (χ1v) is 8.51. The van der Waals surface area contributed by atoms with Gasteiger partial charge in [0.1, 0.15) is 0 Å². The molecular formula is C12H13O5PS. The minimum Gasteiger partial charge on any atom is -0.313 e. The molecule has 0 saturated carbocycles. The van der Waals surface area contributed by atoms with Gasteiger partial charge in [-0.3, -0.25) is 4.55 Å². The Labute approximate surface area is 113 Å². The van der Waals surface area contributed by atoms with Crippen molar-refractivity contribution in [2.45, 2.75) is 0 Å². The molecule has 0 aliphatic heterocycles. The van der Waals surface area contributed by atoms with Gasteiger partial charge in [-0.25, -0.2) is 8.77 Å². The average molecular weight is 300 g/mol. The van der Waals surface area contributed by atoms with Crippen LogP contribution in [-0.4, -0.2) is 18.5 Å². The highest BCUT2D eigenvalue weighted by Crippen LogP contribution is 2.37. The highest BCUT2D eigenvalue weighted by Gasteiger charge is 2.20. The van der Waals surface area contributed by atoms with Crippen molar-refractivity contribution in [1.82, 2.24) is 0 Å². The maximum absolute atomic E-state index is 9.48. The Morgan fingerprint density at radius 1 is 0.789 bits per heavy atom. The minimum atomic E-state index is -4.71. The highest BCUT2D eigenvalue weighted by molar-refractivity contribution is 8.42. The first-order chi connectivity index (χ1) is 8.91. The van der Waals surface area contributed by atoms with Crippen molar-refractivity contribution in [2.75, 3.05) is 0 Å². The number of hydrogen-bond acceptors (Lipinski definition) is 2. The summed E-state index contributed by atoms with van der Waals surface area (Å²) >= 11 is 0. The van der Waals surface area contributed by atoms with Crippen LogP contribution in [0.1, 0.15) is 0 Å². The smallest absolute Gasteiger partial charge is 0.313 e. The van der Waals surface area contributed by atoms with Crippen molar-refractivity contribution < 1.29 is 23.1 Å². The quantitative estimate of drug-likeness (QED) is 0.585. The third-order valence-electron chi connectivity index (χ3n) is 2.08.